The van der Waals surface area contributed by atoms with Gasteiger partial charge in [0.1, 0.15) is 11.6 Å². The molecule has 2 aromatic carbocycles. The minimum absolute atomic E-state index is 0.139. The molecular weight excluding hydrogens is 398 g/mol. The minimum atomic E-state index is -0.159. The van der Waals surface area contributed by atoms with Crippen LogP contribution in [0.15, 0.2) is 42.5 Å². The summed E-state index contributed by atoms with van der Waals surface area (Å²) in [6.07, 6.45) is 2.51. The smallest absolute Gasteiger partial charge is 0.223 e. The number of carbonyl (C=O) groups excluding carboxylic acids is 1. The van der Waals surface area contributed by atoms with Crippen LogP contribution in [0.1, 0.15) is 62.9 Å². The zero-order chi connectivity index (χ0) is 22.9. The van der Waals surface area contributed by atoms with Crippen LogP contribution in [-0.2, 0) is 11.3 Å². The first-order valence-electron chi connectivity index (χ1n) is 11.7. The summed E-state index contributed by atoms with van der Waals surface area (Å²) in [5.74, 6) is 2.38. The maximum Gasteiger partial charge on any atom is 0.223 e. The van der Waals surface area contributed by atoms with Crippen molar-refractivity contribution in [2.75, 3.05) is 13.2 Å². The number of hydrogen-bond donors (Lipinski definition) is 0. The van der Waals surface area contributed by atoms with Crippen molar-refractivity contribution in [2.45, 2.75) is 71.9 Å². The Morgan fingerprint density at radius 1 is 1.06 bits per heavy atom. The lowest BCUT2D eigenvalue weighted by atomic mass is 10.1. The van der Waals surface area contributed by atoms with Crippen molar-refractivity contribution in [2.24, 2.45) is 0 Å². The molecule has 1 atom stereocenters. The molecule has 0 spiro atoms. The Kier molecular flexibility index (Phi) is 6.27. The number of benzene rings is 2. The second-order valence-corrected chi connectivity index (χ2v) is 9.94. The molecule has 4 rings (SSSR count). The van der Waals surface area contributed by atoms with Crippen LogP contribution < -0.4 is 4.74 Å². The zero-order valence-electron chi connectivity index (χ0n) is 20.0. The molecule has 1 amide bonds. The van der Waals surface area contributed by atoms with Crippen LogP contribution in [0.4, 0.5) is 0 Å². The van der Waals surface area contributed by atoms with E-state index in [4.69, 9.17) is 9.72 Å². The number of fused-ring (bicyclic) bond motifs is 1. The molecule has 1 aliphatic rings. The normalized spacial score (nSPS) is 16.8. The lowest BCUT2D eigenvalue weighted by Gasteiger charge is -2.32. The average Bonchev–Trinajstić information content (AvgIpc) is 3.31. The van der Waals surface area contributed by atoms with E-state index in [1.165, 1.54) is 11.1 Å². The number of imidazole rings is 1. The highest BCUT2D eigenvalue weighted by Crippen LogP contribution is 2.34. The van der Waals surface area contributed by atoms with Gasteiger partial charge in [-0.1, -0.05) is 24.3 Å². The van der Waals surface area contributed by atoms with Crippen molar-refractivity contribution in [1.82, 2.24) is 14.5 Å². The minimum Gasteiger partial charge on any atom is -0.493 e. The second kappa shape index (κ2) is 8.97. The largest absolute Gasteiger partial charge is 0.493 e. The third-order valence-electron chi connectivity index (χ3n) is 6.57. The van der Waals surface area contributed by atoms with Gasteiger partial charge in [-0.15, -0.1) is 0 Å². The summed E-state index contributed by atoms with van der Waals surface area (Å²) in [6, 6.07) is 14.5. The number of unbranched alkanes of at least 4 members (excludes halogenated alkanes) is 1. The Morgan fingerprint density at radius 2 is 1.84 bits per heavy atom. The van der Waals surface area contributed by atoms with E-state index in [0.29, 0.717) is 13.0 Å². The van der Waals surface area contributed by atoms with Gasteiger partial charge in [-0.3, -0.25) is 4.79 Å². The summed E-state index contributed by atoms with van der Waals surface area (Å²) in [7, 11) is 0. The predicted octanol–water partition coefficient (Wildman–Crippen LogP) is 5.63. The maximum atomic E-state index is 12.7. The van der Waals surface area contributed by atoms with Crippen molar-refractivity contribution >= 4 is 16.9 Å². The lowest BCUT2D eigenvalue weighted by molar-refractivity contribution is -0.131. The van der Waals surface area contributed by atoms with Crippen molar-refractivity contribution in [3.63, 3.8) is 0 Å². The van der Waals surface area contributed by atoms with Crippen molar-refractivity contribution in [3.8, 4) is 5.75 Å². The topological polar surface area (TPSA) is 47.4 Å². The van der Waals surface area contributed by atoms with E-state index < -0.39 is 0 Å². The number of nitrogens with zero attached hydrogens (tertiary/aromatic N) is 3. The van der Waals surface area contributed by atoms with Crippen LogP contribution in [0.25, 0.3) is 11.0 Å². The molecule has 2 heterocycles. The van der Waals surface area contributed by atoms with Crippen molar-refractivity contribution < 1.29 is 9.53 Å². The standard InChI is InChI=1S/C27H35N3O2/c1-19-11-10-14-24(20(19)2)32-16-9-8-15-29-23-13-7-6-12-22(23)28-26(29)21-17-25(31)30(18-21)27(3,4)5/h6-7,10-14,21H,8-9,15-18H2,1-5H3/t21-/m1/s1. The molecular formula is C27H35N3O2. The first kappa shape index (κ1) is 22.4. The fraction of sp³-hybridized carbons (Fsp3) is 0.481. The Hall–Kier alpha value is -2.82. The van der Waals surface area contributed by atoms with Crippen LogP contribution in [-0.4, -0.2) is 39.0 Å². The lowest BCUT2D eigenvalue weighted by Crippen LogP contribution is -2.42. The van der Waals surface area contributed by atoms with Gasteiger partial charge in [-0.05, 0) is 76.8 Å². The summed E-state index contributed by atoms with van der Waals surface area (Å²) < 4.78 is 8.37. The molecule has 1 aromatic heterocycles. The van der Waals surface area contributed by atoms with Gasteiger partial charge >= 0.3 is 0 Å². The molecule has 1 fully saturated rings. The quantitative estimate of drug-likeness (QED) is 0.454. The van der Waals surface area contributed by atoms with E-state index in [0.717, 1.165) is 48.5 Å². The van der Waals surface area contributed by atoms with Gasteiger partial charge in [-0.25, -0.2) is 4.98 Å². The second-order valence-electron chi connectivity index (χ2n) is 9.94. The molecule has 0 N–H and O–H groups in total. The SMILES string of the molecule is Cc1cccc(OCCCCn2c([C@@H]3CC(=O)N(C(C)(C)C)C3)nc3ccccc32)c1C. The number of aromatic nitrogens is 2. The molecule has 32 heavy (non-hydrogen) atoms. The van der Waals surface area contributed by atoms with Crippen LogP contribution in [0.2, 0.25) is 0 Å². The first-order chi connectivity index (χ1) is 15.3. The van der Waals surface area contributed by atoms with Crippen LogP contribution in [0, 0.1) is 13.8 Å². The van der Waals surface area contributed by atoms with Gasteiger partial charge in [0.25, 0.3) is 0 Å². The number of hydrogen-bond acceptors (Lipinski definition) is 3. The molecule has 0 bridgehead atoms. The summed E-state index contributed by atoms with van der Waals surface area (Å²) in [5.41, 5.74) is 4.47. The number of ether oxygens (including phenoxy) is 1. The molecule has 0 radical (unpaired) electrons. The van der Waals surface area contributed by atoms with Gasteiger partial charge < -0.3 is 14.2 Å². The van der Waals surface area contributed by atoms with E-state index >= 15 is 0 Å². The molecule has 170 valence electrons. The molecule has 1 saturated heterocycles. The van der Waals surface area contributed by atoms with Crippen molar-refractivity contribution in [1.29, 1.82) is 0 Å². The molecule has 5 heteroatoms. The van der Waals surface area contributed by atoms with Crippen LogP contribution >= 0.6 is 0 Å². The summed E-state index contributed by atoms with van der Waals surface area (Å²) in [5, 5.41) is 0. The predicted molar refractivity (Wildman–Crippen MR) is 129 cm³/mol. The van der Waals surface area contributed by atoms with E-state index in [2.05, 4.69) is 63.5 Å². The first-order valence-corrected chi connectivity index (χ1v) is 11.7. The number of aryl methyl sites for hydroxylation is 2. The number of likely N-dealkylation sites (tertiary alicyclic amines) is 1. The highest BCUT2D eigenvalue weighted by Gasteiger charge is 2.38. The number of para-hydroxylation sites is 2. The Morgan fingerprint density at radius 3 is 2.59 bits per heavy atom. The molecule has 0 saturated carbocycles. The molecule has 5 nitrogen and oxygen atoms in total. The monoisotopic (exact) mass is 433 g/mol. The Labute approximate surface area is 191 Å². The fourth-order valence-corrected chi connectivity index (χ4v) is 4.60. The van der Waals surface area contributed by atoms with Crippen LogP contribution in [0.5, 0.6) is 5.75 Å². The van der Waals surface area contributed by atoms with Gasteiger partial charge in [0.2, 0.25) is 5.91 Å². The van der Waals surface area contributed by atoms with E-state index in [-0.39, 0.29) is 17.4 Å². The van der Waals surface area contributed by atoms with E-state index in [1.54, 1.807) is 0 Å². The Bertz CT molecular complexity index is 1110. The van der Waals surface area contributed by atoms with Gasteiger partial charge in [0.05, 0.1) is 17.6 Å². The number of rotatable bonds is 7. The summed E-state index contributed by atoms with van der Waals surface area (Å²) in [6.45, 7) is 12.9. The van der Waals surface area contributed by atoms with E-state index in [9.17, 15) is 4.79 Å². The molecule has 0 unspecified atom stereocenters. The third kappa shape index (κ3) is 4.52. The van der Waals surface area contributed by atoms with Gasteiger partial charge in [0, 0.05) is 31.0 Å². The molecule has 0 aliphatic carbocycles. The zero-order valence-corrected chi connectivity index (χ0v) is 20.0. The molecule has 1 aliphatic heterocycles. The third-order valence-corrected chi connectivity index (χ3v) is 6.57. The average molecular weight is 434 g/mol. The van der Waals surface area contributed by atoms with Gasteiger partial charge in [0.15, 0.2) is 0 Å². The van der Waals surface area contributed by atoms with Gasteiger partial charge in [-0.2, -0.15) is 0 Å². The highest BCUT2D eigenvalue weighted by atomic mass is 16.5. The van der Waals surface area contributed by atoms with Crippen molar-refractivity contribution in [3.05, 3.63) is 59.4 Å². The molecule has 3 aromatic rings. The summed E-state index contributed by atoms with van der Waals surface area (Å²) in [4.78, 5) is 19.7. The Balaban J connectivity index is 1.45. The highest BCUT2D eigenvalue weighted by molar-refractivity contribution is 5.81. The van der Waals surface area contributed by atoms with Crippen LogP contribution in [0.3, 0.4) is 0 Å². The number of carbonyl (C=O) groups is 1. The maximum absolute atomic E-state index is 12.7. The fourth-order valence-electron chi connectivity index (χ4n) is 4.60. The number of amides is 1. The van der Waals surface area contributed by atoms with E-state index in [1.807, 2.05) is 23.1 Å². The summed E-state index contributed by atoms with van der Waals surface area (Å²) >= 11 is 0.